The molecule has 1 nitrogen and oxygen atoms in total. The summed E-state index contributed by atoms with van der Waals surface area (Å²) >= 11 is 1.26. The molecule has 0 aliphatic heterocycles. The summed E-state index contributed by atoms with van der Waals surface area (Å²) in [5.74, 6) is 2.01. The van der Waals surface area contributed by atoms with Crippen LogP contribution < -0.4 is 0 Å². The van der Waals surface area contributed by atoms with Crippen molar-refractivity contribution in [2.24, 2.45) is 0 Å². The molecule has 0 saturated carbocycles. The van der Waals surface area contributed by atoms with E-state index in [1.165, 1.54) is 56.7 Å². The van der Waals surface area contributed by atoms with E-state index in [-0.39, 0.29) is 0 Å². The number of thiocyanates is 1. The van der Waals surface area contributed by atoms with E-state index in [1.807, 2.05) is 11.2 Å². The second-order valence-electron chi connectivity index (χ2n) is 3.29. The van der Waals surface area contributed by atoms with Gasteiger partial charge in [0.15, 0.2) is 0 Å². The van der Waals surface area contributed by atoms with Crippen LogP contribution in [-0.2, 0) is 0 Å². The van der Waals surface area contributed by atoms with E-state index in [0.717, 1.165) is 6.42 Å². The quantitative estimate of drug-likeness (QED) is 0.402. The van der Waals surface area contributed by atoms with E-state index in [2.05, 4.69) is 6.92 Å². The van der Waals surface area contributed by atoms with Crippen molar-refractivity contribution < 1.29 is 0 Å². The molecule has 0 saturated heterocycles. The molecule has 13 heavy (non-hydrogen) atoms. The van der Waals surface area contributed by atoms with Gasteiger partial charge < -0.3 is 0 Å². The van der Waals surface area contributed by atoms with Crippen LogP contribution in [0.5, 0.6) is 0 Å². The Bertz CT molecular complexity index is 129. The standard InChI is InChI=1S/C11H20NS/c1-2-3-4-5-6-7-8-9-10-13-11-12/h10H,2-9H2,1H3. The Hall–Kier alpha value is -0.160. The maximum atomic E-state index is 8.25. The van der Waals surface area contributed by atoms with Gasteiger partial charge in [-0.05, 0) is 18.2 Å². The molecule has 0 unspecified atom stereocenters. The van der Waals surface area contributed by atoms with Crippen molar-refractivity contribution in [1.29, 1.82) is 5.26 Å². The zero-order valence-corrected chi connectivity index (χ0v) is 9.41. The Morgan fingerprint density at radius 1 is 1.08 bits per heavy atom. The Balaban J connectivity index is 2.80. The van der Waals surface area contributed by atoms with Gasteiger partial charge in [0.05, 0.1) is 0 Å². The summed E-state index contributed by atoms with van der Waals surface area (Å²) in [7, 11) is 0. The zero-order chi connectivity index (χ0) is 9.78. The molecule has 0 aromatic heterocycles. The van der Waals surface area contributed by atoms with Crippen LogP contribution in [0, 0.1) is 16.4 Å². The molecule has 75 valence electrons. The predicted octanol–water partition coefficient (Wildman–Crippen LogP) is 4.50. The normalized spacial score (nSPS) is 9.85. The molecule has 0 amide bonds. The highest BCUT2D eigenvalue weighted by Gasteiger charge is 1.91. The molecular weight excluding hydrogens is 178 g/mol. The lowest BCUT2D eigenvalue weighted by molar-refractivity contribution is 0.591. The van der Waals surface area contributed by atoms with Gasteiger partial charge in [-0.25, -0.2) is 0 Å². The fraction of sp³-hybridized carbons (Fsp3) is 0.818. The minimum Gasteiger partial charge on any atom is -0.185 e. The minimum absolute atomic E-state index is 1.09. The number of thioether (sulfide) groups is 1. The molecule has 0 fully saturated rings. The number of nitrogens with zero attached hydrogens (tertiary/aromatic N) is 1. The second-order valence-corrected chi connectivity index (χ2v) is 4.04. The highest BCUT2D eigenvalue weighted by atomic mass is 32.2. The van der Waals surface area contributed by atoms with Crippen LogP contribution in [0.2, 0.25) is 0 Å². The summed E-state index contributed by atoms with van der Waals surface area (Å²) in [6, 6.07) is 0. The first-order chi connectivity index (χ1) is 6.41. The Labute approximate surface area is 86.9 Å². The third-order valence-corrected chi connectivity index (χ3v) is 2.57. The van der Waals surface area contributed by atoms with Gasteiger partial charge in [0.1, 0.15) is 5.40 Å². The third-order valence-electron chi connectivity index (χ3n) is 2.06. The predicted molar refractivity (Wildman–Crippen MR) is 60.1 cm³/mol. The molecule has 1 radical (unpaired) electrons. The van der Waals surface area contributed by atoms with Gasteiger partial charge in [-0.15, -0.1) is 0 Å². The van der Waals surface area contributed by atoms with Crippen molar-refractivity contribution in [2.75, 3.05) is 0 Å². The molecule has 2 heteroatoms. The van der Waals surface area contributed by atoms with Crippen molar-refractivity contribution in [2.45, 2.75) is 58.3 Å². The highest BCUT2D eigenvalue weighted by molar-refractivity contribution is 8.05. The molecule has 0 aromatic rings. The van der Waals surface area contributed by atoms with Crippen LogP contribution in [0.25, 0.3) is 0 Å². The minimum atomic E-state index is 1.09. The monoisotopic (exact) mass is 198 g/mol. The molecule has 0 heterocycles. The Morgan fingerprint density at radius 3 is 2.31 bits per heavy atom. The zero-order valence-electron chi connectivity index (χ0n) is 8.59. The molecule has 0 aromatic carbocycles. The van der Waals surface area contributed by atoms with Gasteiger partial charge in [-0.3, -0.25) is 0 Å². The third kappa shape index (κ3) is 11.8. The fourth-order valence-corrected chi connectivity index (χ4v) is 1.64. The lowest BCUT2D eigenvalue weighted by atomic mass is 10.1. The Morgan fingerprint density at radius 2 is 1.69 bits per heavy atom. The fourth-order valence-electron chi connectivity index (χ4n) is 1.28. The van der Waals surface area contributed by atoms with Crippen LogP contribution in [0.3, 0.4) is 0 Å². The summed E-state index contributed by atoms with van der Waals surface area (Å²) < 4.78 is 0. The van der Waals surface area contributed by atoms with Gasteiger partial charge in [0.25, 0.3) is 0 Å². The van der Waals surface area contributed by atoms with Crippen LogP contribution >= 0.6 is 11.8 Å². The van der Waals surface area contributed by atoms with Gasteiger partial charge >= 0.3 is 0 Å². The SMILES string of the molecule is CCCCCCCCC[CH]SC#N. The van der Waals surface area contributed by atoms with Crippen molar-refractivity contribution in [3.63, 3.8) is 0 Å². The maximum absolute atomic E-state index is 8.25. The smallest absolute Gasteiger partial charge is 0.133 e. The second kappa shape index (κ2) is 11.8. The van der Waals surface area contributed by atoms with Crippen LogP contribution in [0.15, 0.2) is 0 Å². The van der Waals surface area contributed by atoms with Crippen molar-refractivity contribution in [1.82, 2.24) is 0 Å². The van der Waals surface area contributed by atoms with Crippen molar-refractivity contribution in [3.8, 4) is 5.40 Å². The molecule has 0 aliphatic carbocycles. The van der Waals surface area contributed by atoms with Gasteiger partial charge in [0.2, 0.25) is 0 Å². The first kappa shape index (κ1) is 12.8. The van der Waals surface area contributed by atoms with Crippen LogP contribution in [0.1, 0.15) is 58.3 Å². The van der Waals surface area contributed by atoms with E-state index in [1.54, 1.807) is 0 Å². The van der Waals surface area contributed by atoms with Crippen molar-refractivity contribution >= 4 is 11.8 Å². The van der Waals surface area contributed by atoms with E-state index < -0.39 is 0 Å². The van der Waals surface area contributed by atoms with Crippen LogP contribution in [-0.4, -0.2) is 0 Å². The molecule has 0 rings (SSSR count). The summed E-state index contributed by atoms with van der Waals surface area (Å²) in [6.45, 7) is 2.24. The molecule has 0 bridgehead atoms. The lowest BCUT2D eigenvalue weighted by Crippen LogP contribution is -1.79. The number of nitriles is 1. The number of hydrogen-bond donors (Lipinski definition) is 0. The summed E-state index contributed by atoms with van der Waals surface area (Å²) in [5.41, 5.74) is 0. The van der Waals surface area contributed by atoms with E-state index in [9.17, 15) is 0 Å². The van der Waals surface area contributed by atoms with E-state index in [4.69, 9.17) is 5.26 Å². The maximum Gasteiger partial charge on any atom is 0.133 e. The average molecular weight is 198 g/mol. The molecule has 0 aliphatic rings. The largest absolute Gasteiger partial charge is 0.185 e. The van der Waals surface area contributed by atoms with Crippen molar-refractivity contribution in [3.05, 3.63) is 5.75 Å². The number of hydrogen-bond acceptors (Lipinski definition) is 2. The lowest BCUT2D eigenvalue weighted by Gasteiger charge is -1.99. The Kier molecular flexibility index (Phi) is 11.7. The van der Waals surface area contributed by atoms with Gasteiger partial charge in [0, 0.05) is 5.75 Å². The summed E-state index contributed by atoms with van der Waals surface area (Å²) in [5, 5.41) is 10.3. The molecule has 0 N–H and O–H groups in total. The summed E-state index contributed by atoms with van der Waals surface area (Å²) in [6.07, 6.45) is 10.5. The van der Waals surface area contributed by atoms with E-state index >= 15 is 0 Å². The first-order valence-electron chi connectivity index (χ1n) is 5.28. The number of unbranched alkanes of at least 4 members (excludes halogenated alkanes) is 7. The van der Waals surface area contributed by atoms with Crippen LogP contribution in [0.4, 0.5) is 0 Å². The number of rotatable bonds is 9. The van der Waals surface area contributed by atoms with Gasteiger partial charge in [-0.1, -0.05) is 51.9 Å². The molecule has 0 atom stereocenters. The van der Waals surface area contributed by atoms with E-state index in [0.29, 0.717) is 0 Å². The highest BCUT2D eigenvalue weighted by Crippen LogP contribution is 2.13. The van der Waals surface area contributed by atoms with Gasteiger partial charge in [-0.2, -0.15) is 5.26 Å². The first-order valence-corrected chi connectivity index (χ1v) is 6.16. The topological polar surface area (TPSA) is 23.8 Å². The summed E-state index contributed by atoms with van der Waals surface area (Å²) in [4.78, 5) is 0. The molecule has 0 spiro atoms. The molecular formula is C11H20NS. The average Bonchev–Trinajstić information content (AvgIpc) is 2.16.